The molecule has 0 saturated heterocycles. The van der Waals surface area contributed by atoms with Crippen molar-refractivity contribution < 1.29 is 18.3 Å². The number of ether oxygens (including phenoxy) is 1. The summed E-state index contributed by atoms with van der Waals surface area (Å²) in [6.45, 7) is 1.72. The lowest BCUT2D eigenvalue weighted by Crippen LogP contribution is -2.08. The molecule has 2 aromatic heterocycles. The van der Waals surface area contributed by atoms with Gasteiger partial charge in [0.1, 0.15) is 24.4 Å². The van der Waals surface area contributed by atoms with Crippen LogP contribution < -0.4 is 0 Å². The van der Waals surface area contributed by atoms with Crippen LogP contribution in [0.25, 0.3) is 11.5 Å². The molecule has 1 aromatic carbocycles. The molecular weight excluding hydrogens is 301 g/mol. The standard InChI is InChI=1S/C16H12FN3O3/c1-10-6-19-14(7-18-10)16(21)23-9-13-8-22-15(20-13)11-2-4-12(17)5-3-11/h2-8H,9H2,1H3. The molecule has 0 saturated carbocycles. The van der Waals surface area contributed by atoms with Gasteiger partial charge >= 0.3 is 5.97 Å². The molecule has 0 unspecified atom stereocenters. The van der Waals surface area contributed by atoms with E-state index in [9.17, 15) is 9.18 Å². The van der Waals surface area contributed by atoms with Crippen LogP contribution in [0.5, 0.6) is 0 Å². The lowest BCUT2D eigenvalue weighted by Gasteiger charge is -2.01. The predicted molar refractivity (Wildman–Crippen MR) is 77.8 cm³/mol. The van der Waals surface area contributed by atoms with E-state index in [2.05, 4.69) is 15.0 Å². The zero-order valence-electron chi connectivity index (χ0n) is 12.2. The number of carbonyl (C=O) groups excluding carboxylic acids is 1. The first-order valence-electron chi connectivity index (χ1n) is 6.78. The van der Waals surface area contributed by atoms with Crippen molar-refractivity contribution in [3.05, 3.63) is 65.8 Å². The average Bonchev–Trinajstić information content (AvgIpc) is 3.03. The second-order valence-electron chi connectivity index (χ2n) is 4.77. The van der Waals surface area contributed by atoms with Gasteiger partial charge in [-0.15, -0.1) is 0 Å². The molecule has 3 rings (SSSR count). The summed E-state index contributed by atoms with van der Waals surface area (Å²) in [5.74, 6) is -0.608. The molecule has 0 fully saturated rings. The van der Waals surface area contributed by atoms with Gasteiger partial charge in [0, 0.05) is 11.8 Å². The number of esters is 1. The van der Waals surface area contributed by atoms with Crippen molar-refractivity contribution in [3.8, 4) is 11.5 Å². The Kier molecular flexibility index (Phi) is 4.09. The van der Waals surface area contributed by atoms with E-state index in [0.29, 0.717) is 22.8 Å². The van der Waals surface area contributed by atoms with E-state index in [0.717, 1.165) is 0 Å². The van der Waals surface area contributed by atoms with Crippen molar-refractivity contribution in [2.75, 3.05) is 0 Å². The molecule has 116 valence electrons. The highest BCUT2D eigenvalue weighted by Crippen LogP contribution is 2.19. The number of benzene rings is 1. The number of rotatable bonds is 4. The number of oxazole rings is 1. The first-order valence-corrected chi connectivity index (χ1v) is 6.78. The average molecular weight is 313 g/mol. The molecule has 0 bridgehead atoms. The summed E-state index contributed by atoms with van der Waals surface area (Å²) in [6, 6.07) is 5.74. The number of halogens is 1. The molecule has 0 amide bonds. The Morgan fingerprint density at radius 2 is 2.00 bits per heavy atom. The summed E-state index contributed by atoms with van der Waals surface area (Å²) in [4.78, 5) is 23.9. The van der Waals surface area contributed by atoms with Crippen molar-refractivity contribution in [2.24, 2.45) is 0 Å². The zero-order valence-corrected chi connectivity index (χ0v) is 12.2. The number of aromatic nitrogens is 3. The fraction of sp³-hybridized carbons (Fsp3) is 0.125. The summed E-state index contributed by atoms with van der Waals surface area (Å²) in [5.41, 5.74) is 1.91. The fourth-order valence-corrected chi connectivity index (χ4v) is 1.81. The Hall–Kier alpha value is -3.09. The molecule has 0 N–H and O–H groups in total. The number of hydrogen-bond acceptors (Lipinski definition) is 6. The molecule has 2 heterocycles. The van der Waals surface area contributed by atoms with E-state index in [1.54, 1.807) is 19.1 Å². The van der Waals surface area contributed by atoms with E-state index >= 15 is 0 Å². The van der Waals surface area contributed by atoms with Crippen molar-refractivity contribution in [3.63, 3.8) is 0 Å². The second-order valence-corrected chi connectivity index (χ2v) is 4.77. The van der Waals surface area contributed by atoms with Crippen LogP contribution in [0.4, 0.5) is 4.39 Å². The molecule has 0 aliphatic heterocycles. The quantitative estimate of drug-likeness (QED) is 0.689. The van der Waals surface area contributed by atoms with Gasteiger partial charge in [0.15, 0.2) is 5.69 Å². The smallest absolute Gasteiger partial charge is 0.358 e. The highest BCUT2D eigenvalue weighted by Gasteiger charge is 2.12. The third-order valence-corrected chi connectivity index (χ3v) is 2.98. The minimum Gasteiger partial charge on any atom is -0.454 e. The molecule has 0 aliphatic rings. The maximum Gasteiger partial charge on any atom is 0.358 e. The van der Waals surface area contributed by atoms with Gasteiger partial charge in [-0.3, -0.25) is 4.98 Å². The summed E-state index contributed by atoms with van der Waals surface area (Å²) >= 11 is 0. The van der Waals surface area contributed by atoms with Crippen molar-refractivity contribution in [1.82, 2.24) is 15.0 Å². The van der Waals surface area contributed by atoms with Crippen LogP contribution in [0.1, 0.15) is 21.9 Å². The zero-order chi connectivity index (χ0) is 16.2. The Morgan fingerprint density at radius 1 is 1.22 bits per heavy atom. The first kappa shape index (κ1) is 14.8. The van der Waals surface area contributed by atoms with Gasteiger partial charge in [-0.25, -0.2) is 19.2 Å². The predicted octanol–water partition coefficient (Wildman–Crippen LogP) is 2.94. The van der Waals surface area contributed by atoms with Crippen LogP contribution in [0, 0.1) is 12.7 Å². The van der Waals surface area contributed by atoms with Gasteiger partial charge in [-0.05, 0) is 31.2 Å². The van der Waals surface area contributed by atoms with Gasteiger partial charge in [0.2, 0.25) is 5.89 Å². The summed E-state index contributed by atoms with van der Waals surface area (Å²) in [6.07, 6.45) is 4.22. The summed E-state index contributed by atoms with van der Waals surface area (Å²) in [5, 5.41) is 0. The second kappa shape index (κ2) is 6.35. The Balaban J connectivity index is 1.64. The normalized spacial score (nSPS) is 10.5. The highest BCUT2D eigenvalue weighted by molar-refractivity contribution is 5.86. The number of carbonyl (C=O) groups is 1. The molecule has 0 aliphatic carbocycles. The Bertz CT molecular complexity index is 813. The van der Waals surface area contributed by atoms with Crippen molar-refractivity contribution in [1.29, 1.82) is 0 Å². The van der Waals surface area contributed by atoms with E-state index < -0.39 is 5.97 Å². The van der Waals surface area contributed by atoms with Gasteiger partial charge in [0.25, 0.3) is 0 Å². The fourth-order valence-electron chi connectivity index (χ4n) is 1.81. The van der Waals surface area contributed by atoms with Gasteiger partial charge in [-0.2, -0.15) is 0 Å². The van der Waals surface area contributed by atoms with Crippen molar-refractivity contribution >= 4 is 5.97 Å². The maximum atomic E-state index is 12.9. The largest absolute Gasteiger partial charge is 0.454 e. The summed E-state index contributed by atoms with van der Waals surface area (Å²) in [7, 11) is 0. The third-order valence-electron chi connectivity index (χ3n) is 2.98. The number of hydrogen-bond donors (Lipinski definition) is 0. The minimum atomic E-state index is -0.594. The van der Waals surface area contributed by atoms with Gasteiger partial charge < -0.3 is 9.15 Å². The van der Waals surface area contributed by atoms with Crippen LogP contribution in [-0.4, -0.2) is 20.9 Å². The van der Waals surface area contributed by atoms with E-state index in [1.807, 2.05) is 0 Å². The molecule has 6 nitrogen and oxygen atoms in total. The van der Waals surface area contributed by atoms with Gasteiger partial charge in [0.05, 0.1) is 11.9 Å². The minimum absolute atomic E-state index is 0.0565. The van der Waals surface area contributed by atoms with Crippen LogP contribution in [0.2, 0.25) is 0 Å². The lowest BCUT2D eigenvalue weighted by atomic mass is 10.2. The van der Waals surface area contributed by atoms with Crippen LogP contribution in [-0.2, 0) is 11.3 Å². The molecule has 7 heteroatoms. The first-order chi connectivity index (χ1) is 11.1. The van der Waals surface area contributed by atoms with Crippen molar-refractivity contribution in [2.45, 2.75) is 13.5 Å². The lowest BCUT2D eigenvalue weighted by molar-refractivity contribution is 0.0460. The van der Waals surface area contributed by atoms with Crippen LogP contribution in [0.15, 0.2) is 47.3 Å². The molecule has 0 spiro atoms. The molecular formula is C16H12FN3O3. The molecule has 0 atom stereocenters. The molecule has 23 heavy (non-hydrogen) atoms. The van der Waals surface area contributed by atoms with E-state index in [-0.39, 0.29) is 18.1 Å². The topological polar surface area (TPSA) is 78.1 Å². The van der Waals surface area contributed by atoms with Crippen LogP contribution in [0.3, 0.4) is 0 Å². The number of nitrogens with zero attached hydrogens (tertiary/aromatic N) is 3. The van der Waals surface area contributed by atoms with Gasteiger partial charge in [-0.1, -0.05) is 0 Å². The van der Waals surface area contributed by atoms with E-state index in [4.69, 9.17) is 9.15 Å². The van der Waals surface area contributed by atoms with Crippen LogP contribution >= 0.6 is 0 Å². The summed E-state index contributed by atoms with van der Waals surface area (Å²) < 4.78 is 23.3. The Labute approximate surface area is 131 Å². The van der Waals surface area contributed by atoms with E-state index in [1.165, 1.54) is 30.8 Å². The third kappa shape index (κ3) is 3.57. The highest BCUT2D eigenvalue weighted by atomic mass is 19.1. The number of aryl methyl sites for hydroxylation is 1. The maximum absolute atomic E-state index is 12.9. The monoisotopic (exact) mass is 313 g/mol. The molecule has 3 aromatic rings. The molecule has 0 radical (unpaired) electrons. The Morgan fingerprint density at radius 3 is 2.70 bits per heavy atom. The SMILES string of the molecule is Cc1cnc(C(=O)OCc2coc(-c3ccc(F)cc3)n2)cn1.